The Morgan fingerprint density at radius 1 is 1.35 bits per heavy atom. The third-order valence-corrected chi connectivity index (χ3v) is 2.54. The van der Waals surface area contributed by atoms with Crippen molar-refractivity contribution in [3.63, 3.8) is 0 Å². The van der Waals surface area contributed by atoms with Gasteiger partial charge in [-0.1, -0.05) is 0 Å². The lowest BCUT2D eigenvalue weighted by atomic mass is 10.2. The lowest BCUT2D eigenvalue weighted by molar-refractivity contribution is -0.141. The van der Waals surface area contributed by atoms with Crippen LogP contribution in [0.25, 0.3) is 0 Å². The van der Waals surface area contributed by atoms with Crippen LogP contribution in [-0.4, -0.2) is 65.6 Å². The molecule has 0 radical (unpaired) electrons. The Balaban J connectivity index is 2.53. The van der Waals surface area contributed by atoms with Crippen LogP contribution in [-0.2, 0) is 9.53 Å². The SMILES string of the molecule is CC(O)C(NC(=O)N1CCCOCC1)C(=O)O. The zero-order valence-corrected chi connectivity index (χ0v) is 9.76. The molecule has 1 saturated heterocycles. The molecule has 0 saturated carbocycles. The highest BCUT2D eigenvalue weighted by molar-refractivity contribution is 5.83. The predicted octanol–water partition coefficient (Wildman–Crippen LogP) is -0.748. The molecule has 0 bridgehead atoms. The first-order valence-corrected chi connectivity index (χ1v) is 5.56. The number of ether oxygens (including phenoxy) is 1. The number of carboxylic acid groups (broad SMARTS) is 1. The highest BCUT2D eigenvalue weighted by Gasteiger charge is 2.27. The minimum Gasteiger partial charge on any atom is -0.480 e. The van der Waals surface area contributed by atoms with E-state index in [1.165, 1.54) is 11.8 Å². The van der Waals surface area contributed by atoms with Gasteiger partial charge < -0.3 is 25.2 Å². The number of nitrogens with zero attached hydrogens (tertiary/aromatic N) is 1. The lowest BCUT2D eigenvalue weighted by Gasteiger charge is -2.24. The van der Waals surface area contributed by atoms with Gasteiger partial charge in [-0.25, -0.2) is 9.59 Å². The second-order valence-corrected chi connectivity index (χ2v) is 3.96. The molecule has 0 spiro atoms. The number of carbonyl (C=O) groups excluding carboxylic acids is 1. The van der Waals surface area contributed by atoms with Crippen molar-refractivity contribution in [2.45, 2.75) is 25.5 Å². The van der Waals surface area contributed by atoms with Crippen molar-refractivity contribution >= 4 is 12.0 Å². The minimum absolute atomic E-state index is 0.429. The fourth-order valence-electron chi connectivity index (χ4n) is 1.56. The molecule has 7 nitrogen and oxygen atoms in total. The van der Waals surface area contributed by atoms with Crippen molar-refractivity contribution < 1.29 is 24.5 Å². The number of carboxylic acids is 1. The van der Waals surface area contributed by atoms with Gasteiger partial charge in [0.25, 0.3) is 0 Å². The standard InChI is InChI=1S/C10H18N2O5/c1-7(13)8(9(14)15)11-10(16)12-3-2-5-17-6-4-12/h7-8,13H,2-6H2,1H3,(H,11,16)(H,14,15). The molecule has 1 aliphatic rings. The molecule has 7 heteroatoms. The molecule has 2 atom stereocenters. The molecule has 2 amide bonds. The van der Waals surface area contributed by atoms with E-state index in [-0.39, 0.29) is 0 Å². The fraction of sp³-hybridized carbons (Fsp3) is 0.800. The van der Waals surface area contributed by atoms with E-state index < -0.39 is 24.1 Å². The first-order chi connectivity index (χ1) is 8.02. The van der Waals surface area contributed by atoms with Crippen molar-refractivity contribution in [3.8, 4) is 0 Å². The third-order valence-electron chi connectivity index (χ3n) is 2.54. The summed E-state index contributed by atoms with van der Waals surface area (Å²) in [4.78, 5) is 24.1. The Morgan fingerprint density at radius 3 is 2.65 bits per heavy atom. The first-order valence-electron chi connectivity index (χ1n) is 5.56. The molecule has 0 aliphatic carbocycles. The molecule has 3 N–H and O–H groups in total. The number of aliphatic hydroxyl groups excluding tert-OH is 1. The van der Waals surface area contributed by atoms with Gasteiger partial charge in [0.1, 0.15) is 0 Å². The van der Waals surface area contributed by atoms with E-state index in [1.807, 2.05) is 0 Å². The second-order valence-electron chi connectivity index (χ2n) is 3.96. The van der Waals surface area contributed by atoms with Crippen LogP contribution in [0, 0.1) is 0 Å². The van der Waals surface area contributed by atoms with E-state index in [0.29, 0.717) is 26.3 Å². The van der Waals surface area contributed by atoms with Crippen molar-refractivity contribution in [3.05, 3.63) is 0 Å². The van der Waals surface area contributed by atoms with Crippen molar-refractivity contribution in [2.75, 3.05) is 26.3 Å². The summed E-state index contributed by atoms with van der Waals surface area (Å²) >= 11 is 0. The fourth-order valence-corrected chi connectivity index (χ4v) is 1.56. The monoisotopic (exact) mass is 246 g/mol. The van der Waals surface area contributed by atoms with Crippen LogP contribution in [0.5, 0.6) is 0 Å². The van der Waals surface area contributed by atoms with Gasteiger partial charge in [0, 0.05) is 19.7 Å². The molecule has 2 unspecified atom stereocenters. The Kier molecular flexibility index (Phi) is 5.17. The van der Waals surface area contributed by atoms with Crippen LogP contribution in [0.2, 0.25) is 0 Å². The van der Waals surface area contributed by atoms with E-state index in [1.54, 1.807) is 0 Å². The molecule has 1 rings (SSSR count). The number of urea groups is 1. The van der Waals surface area contributed by atoms with E-state index in [9.17, 15) is 14.7 Å². The summed E-state index contributed by atoms with van der Waals surface area (Å²) in [6.07, 6.45) is -0.417. The average Bonchev–Trinajstić information content (AvgIpc) is 2.52. The second kappa shape index (κ2) is 6.41. The first kappa shape index (κ1) is 13.7. The molecule has 98 valence electrons. The lowest BCUT2D eigenvalue weighted by Crippen LogP contribution is -2.52. The van der Waals surface area contributed by atoms with Gasteiger partial charge in [-0.15, -0.1) is 0 Å². The quantitative estimate of drug-likeness (QED) is 0.608. The number of amides is 2. The topological polar surface area (TPSA) is 99.1 Å². The summed E-state index contributed by atoms with van der Waals surface area (Å²) in [6.45, 7) is 3.32. The molecule has 0 aromatic rings. The number of hydrogen-bond acceptors (Lipinski definition) is 4. The summed E-state index contributed by atoms with van der Waals surface area (Å²) in [7, 11) is 0. The largest absolute Gasteiger partial charge is 0.480 e. The van der Waals surface area contributed by atoms with Crippen LogP contribution >= 0.6 is 0 Å². The van der Waals surface area contributed by atoms with Gasteiger partial charge >= 0.3 is 12.0 Å². The molecule has 0 aromatic carbocycles. The van der Waals surface area contributed by atoms with Crippen LogP contribution in [0.15, 0.2) is 0 Å². The van der Waals surface area contributed by atoms with E-state index in [0.717, 1.165) is 6.42 Å². The molecule has 1 heterocycles. The van der Waals surface area contributed by atoms with Gasteiger partial charge in [-0.05, 0) is 13.3 Å². The highest BCUT2D eigenvalue weighted by atomic mass is 16.5. The summed E-state index contributed by atoms with van der Waals surface area (Å²) in [6, 6.07) is -1.77. The van der Waals surface area contributed by atoms with Gasteiger partial charge in [-0.2, -0.15) is 0 Å². The Morgan fingerprint density at radius 2 is 2.06 bits per heavy atom. The van der Waals surface area contributed by atoms with Crippen LogP contribution in [0.4, 0.5) is 4.79 Å². The van der Waals surface area contributed by atoms with E-state index >= 15 is 0 Å². The summed E-state index contributed by atoms with van der Waals surface area (Å²) in [5.41, 5.74) is 0. The smallest absolute Gasteiger partial charge is 0.328 e. The Labute approximate surface area is 99.4 Å². The number of hydrogen-bond donors (Lipinski definition) is 3. The number of aliphatic hydroxyl groups is 1. The zero-order chi connectivity index (χ0) is 12.8. The van der Waals surface area contributed by atoms with Crippen LogP contribution in [0.1, 0.15) is 13.3 Å². The molecule has 1 aliphatic heterocycles. The summed E-state index contributed by atoms with van der Waals surface area (Å²) in [5.74, 6) is -1.25. The van der Waals surface area contributed by atoms with Crippen molar-refractivity contribution in [1.82, 2.24) is 10.2 Å². The number of rotatable bonds is 3. The number of carbonyl (C=O) groups is 2. The van der Waals surface area contributed by atoms with Crippen molar-refractivity contribution in [1.29, 1.82) is 0 Å². The predicted molar refractivity (Wildman–Crippen MR) is 58.6 cm³/mol. The molecular formula is C10H18N2O5. The van der Waals surface area contributed by atoms with Gasteiger partial charge in [0.2, 0.25) is 0 Å². The Hall–Kier alpha value is -1.34. The molecule has 17 heavy (non-hydrogen) atoms. The van der Waals surface area contributed by atoms with E-state index in [2.05, 4.69) is 5.32 Å². The number of aliphatic carboxylic acids is 1. The van der Waals surface area contributed by atoms with Gasteiger partial charge in [-0.3, -0.25) is 0 Å². The Bertz CT molecular complexity index is 274. The van der Waals surface area contributed by atoms with Gasteiger partial charge in [0.05, 0.1) is 12.7 Å². The van der Waals surface area contributed by atoms with E-state index in [4.69, 9.17) is 9.84 Å². The molecule has 0 aromatic heterocycles. The minimum atomic E-state index is -1.29. The summed E-state index contributed by atoms with van der Waals surface area (Å²) < 4.78 is 5.19. The zero-order valence-electron chi connectivity index (χ0n) is 9.76. The van der Waals surface area contributed by atoms with Crippen LogP contribution in [0.3, 0.4) is 0 Å². The summed E-state index contributed by atoms with van der Waals surface area (Å²) in [5, 5.41) is 20.4. The normalized spacial score (nSPS) is 20.2. The maximum Gasteiger partial charge on any atom is 0.328 e. The average molecular weight is 246 g/mol. The molecular weight excluding hydrogens is 228 g/mol. The van der Waals surface area contributed by atoms with Crippen LogP contribution < -0.4 is 5.32 Å². The third kappa shape index (κ3) is 4.20. The maximum absolute atomic E-state index is 11.8. The maximum atomic E-state index is 11.8. The molecule has 1 fully saturated rings. The number of nitrogens with one attached hydrogen (secondary N) is 1. The highest BCUT2D eigenvalue weighted by Crippen LogP contribution is 2.01. The van der Waals surface area contributed by atoms with Crippen molar-refractivity contribution in [2.24, 2.45) is 0 Å². The van der Waals surface area contributed by atoms with Gasteiger partial charge in [0.15, 0.2) is 6.04 Å².